The summed E-state index contributed by atoms with van der Waals surface area (Å²) in [4.78, 5) is 16.2. The number of ether oxygens (including phenoxy) is 1. The Bertz CT molecular complexity index is 456. The van der Waals surface area contributed by atoms with Crippen LogP contribution < -0.4 is 10.1 Å². The zero-order valence-electron chi connectivity index (χ0n) is 11.9. The molecule has 1 heterocycles. The minimum absolute atomic E-state index is 0.126. The summed E-state index contributed by atoms with van der Waals surface area (Å²) in [6, 6.07) is 1.64. The molecule has 1 fully saturated rings. The third-order valence-corrected chi connectivity index (χ3v) is 4.12. The first-order valence-corrected chi connectivity index (χ1v) is 7.08. The summed E-state index contributed by atoms with van der Waals surface area (Å²) in [5.41, 5.74) is 0.320. The van der Waals surface area contributed by atoms with Crippen LogP contribution in [0.1, 0.15) is 42.5 Å². The molecule has 0 atom stereocenters. The largest absolute Gasteiger partial charge is 0.494 e. The van der Waals surface area contributed by atoms with Gasteiger partial charge in [0, 0.05) is 18.2 Å². The van der Waals surface area contributed by atoms with Crippen LogP contribution in [0.2, 0.25) is 0 Å². The lowest BCUT2D eigenvalue weighted by molar-refractivity contribution is 0.0716. The highest BCUT2D eigenvalue weighted by Gasteiger charge is 2.32. The van der Waals surface area contributed by atoms with E-state index in [4.69, 9.17) is 4.74 Å². The molecule has 0 unspecified atom stereocenters. The summed E-state index contributed by atoms with van der Waals surface area (Å²) in [6.45, 7) is 0.634. The van der Waals surface area contributed by atoms with Crippen LogP contribution in [0.5, 0.6) is 5.75 Å². The molecule has 1 aliphatic rings. The van der Waals surface area contributed by atoms with Gasteiger partial charge in [0.2, 0.25) is 0 Å². The molecule has 2 N–H and O–H groups in total. The zero-order valence-corrected chi connectivity index (χ0v) is 11.9. The van der Waals surface area contributed by atoms with Crippen molar-refractivity contribution in [2.24, 2.45) is 5.41 Å². The maximum absolute atomic E-state index is 12.2. The number of carbonyl (C=O) groups excluding carboxylic acids is 1. The van der Waals surface area contributed by atoms with Crippen LogP contribution in [0.4, 0.5) is 0 Å². The third kappa shape index (κ3) is 3.28. The predicted molar refractivity (Wildman–Crippen MR) is 75.7 cm³/mol. The third-order valence-electron chi connectivity index (χ3n) is 4.12. The van der Waals surface area contributed by atoms with Crippen molar-refractivity contribution in [1.29, 1.82) is 0 Å². The second kappa shape index (κ2) is 6.70. The number of hydrogen-bond acceptors (Lipinski definition) is 4. The molecule has 0 spiro atoms. The molecule has 5 heteroatoms. The lowest BCUT2D eigenvalue weighted by atomic mass is 9.74. The summed E-state index contributed by atoms with van der Waals surface area (Å²) in [5.74, 6) is 0.286. The van der Waals surface area contributed by atoms with E-state index in [1.54, 1.807) is 12.3 Å². The maximum atomic E-state index is 12.2. The van der Waals surface area contributed by atoms with Crippen LogP contribution in [0.3, 0.4) is 0 Å². The number of aliphatic hydroxyl groups excluding tert-OH is 1. The van der Waals surface area contributed by atoms with Crippen LogP contribution in [0.15, 0.2) is 18.5 Å². The number of pyridine rings is 1. The lowest BCUT2D eigenvalue weighted by Gasteiger charge is -2.35. The number of hydrogen-bond donors (Lipinski definition) is 2. The molecule has 1 saturated carbocycles. The summed E-state index contributed by atoms with van der Waals surface area (Å²) >= 11 is 0. The van der Waals surface area contributed by atoms with Gasteiger partial charge in [-0.2, -0.15) is 0 Å². The molecule has 0 bridgehead atoms. The Kier molecular flexibility index (Phi) is 4.95. The van der Waals surface area contributed by atoms with Crippen molar-refractivity contribution in [3.8, 4) is 5.75 Å². The van der Waals surface area contributed by atoms with Crippen molar-refractivity contribution in [2.45, 2.75) is 32.1 Å². The molecule has 5 nitrogen and oxygen atoms in total. The molecule has 0 aromatic carbocycles. The quantitative estimate of drug-likeness (QED) is 0.861. The number of nitrogens with one attached hydrogen (secondary N) is 1. The van der Waals surface area contributed by atoms with Gasteiger partial charge < -0.3 is 15.2 Å². The fourth-order valence-electron chi connectivity index (χ4n) is 2.79. The Balaban J connectivity index is 2.00. The molecule has 20 heavy (non-hydrogen) atoms. The van der Waals surface area contributed by atoms with Gasteiger partial charge in [-0.05, 0) is 18.9 Å². The Labute approximate surface area is 119 Å². The van der Waals surface area contributed by atoms with E-state index in [0.717, 1.165) is 25.7 Å². The van der Waals surface area contributed by atoms with Crippen LogP contribution in [0, 0.1) is 5.41 Å². The van der Waals surface area contributed by atoms with E-state index in [1.807, 2.05) is 0 Å². The maximum Gasteiger partial charge on any atom is 0.255 e. The first-order valence-electron chi connectivity index (χ1n) is 7.08. The van der Waals surface area contributed by atoms with E-state index < -0.39 is 0 Å². The Morgan fingerprint density at radius 3 is 2.85 bits per heavy atom. The monoisotopic (exact) mass is 278 g/mol. The number of methoxy groups -OCH3 is 1. The van der Waals surface area contributed by atoms with Gasteiger partial charge in [0.1, 0.15) is 5.75 Å². The number of nitrogens with zero attached hydrogens (tertiary/aromatic N) is 1. The van der Waals surface area contributed by atoms with Crippen molar-refractivity contribution < 1.29 is 14.6 Å². The van der Waals surface area contributed by atoms with Gasteiger partial charge in [0.05, 0.1) is 25.5 Å². The average molecular weight is 278 g/mol. The molecule has 1 aromatic heterocycles. The number of carbonyl (C=O) groups is 1. The molecule has 2 rings (SSSR count). The van der Waals surface area contributed by atoms with Crippen molar-refractivity contribution >= 4 is 5.91 Å². The van der Waals surface area contributed by atoms with E-state index in [2.05, 4.69) is 10.3 Å². The summed E-state index contributed by atoms with van der Waals surface area (Å²) in [6.07, 6.45) is 8.49. The summed E-state index contributed by atoms with van der Waals surface area (Å²) < 4.78 is 5.14. The Hall–Kier alpha value is -1.62. The Morgan fingerprint density at radius 1 is 1.45 bits per heavy atom. The highest BCUT2D eigenvalue weighted by atomic mass is 16.5. The van der Waals surface area contributed by atoms with E-state index in [0.29, 0.717) is 17.9 Å². The van der Waals surface area contributed by atoms with E-state index in [-0.39, 0.29) is 17.9 Å². The Morgan fingerprint density at radius 2 is 2.20 bits per heavy atom. The molecular weight excluding hydrogens is 256 g/mol. The fourth-order valence-corrected chi connectivity index (χ4v) is 2.79. The number of aliphatic hydroxyl groups is 1. The van der Waals surface area contributed by atoms with Gasteiger partial charge in [-0.1, -0.05) is 19.3 Å². The van der Waals surface area contributed by atoms with Crippen molar-refractivity contribution in [2.75, 3.05) is 20.3 Å². The zero-order chi connectivity index (χ0) is 14.4. The molecular formula is C15H22N2O3. The molecule has 1 amide bonds. The van der Waals surface area contributed by atoms with Crippen LogP contribution in [-0.2, 0) is 0 Å². The van der Waals surface area contributed by atoms with Crippen molar-refractivity contribution in [3.05, 3.63) is 24.0 Å². The first-order chi connectivity index (χ1) is 9.71. The van der Waals surface area contributed by atoms with Gasteiger partial charge >= 0.3 is 0 Å². The number of amides is 1. The highest BCUT2D eigenvalue weighted by Crippen LogP contribution is 2.35. The second-order valence-corrected chi connectivity index (χ2v) is 5.48. The lowest BCUT2D eigenvalue weighted by Crippen LogP contribution is -2.41. The minimum Gasteiger partial charge on any atom is -0.494 e. The van der Waals surface area contributed by atoms with E-state index >= 15 is 0 Å². The minimum atomic E-state index is -0.178. The van der Waals surface area contributed by atoms with Crippen molar-refractivity contribution in [3.63, 3.8) is 0 Å². The molecule has 0 saturated heterocycles. The topological polar surface area (TPSA) is 71.5 Å². The van der Waals surface area contributed by atoms with Gasteiger partial charge in [-0.3, -0.25) is 9.78 Å². The smallest absolute Gasteiger partial charge is 0.255 e. The SMILES string of the molecule is COc1cnccc1C(=O)NCC1(CO)CCCCC1. The summed E-state index contributed by atoms with van der Waals surface area (Å²) in [5, 5.41) is 12.6. The van der Waals surface area contributed by atoms with Gasteiger partial charge in [-0.15, -0.1) is 0 Å². The molecule has 0 radical (unpaired) electrons. The summed E-state index contributed by atoms with van der Waals surface area (Å²) in [7, 11) is 1.52. The van der Waals surface area contributed by atoms with Crippen LogP contribution in [-0.4, -0.2) is 36.3 Å². The number of aromatic nitrogens is 1. The van der Waals surface area contributed by atoms with Crippen LogP contribution >= 0.6 is 0 Å². The number of rotatable bonds is 5. The van der Waals surface area contributed by atoms with Crippen LogP contribution in [0.25, 0.3) is 0 Å². The first kappa shape index (κ1) is 14.8. The van der Waals surface area contributed by atoms with Gasteiger partial charge in [-0.25, -0.2) is 0 Å². The van der Waals surface area contributed by atoms with Gasteiger partial charge in [0.25, 0.3) is 5.91 Å². The molecule has 110 valence electrons. The fraction of sp³-hybridized carbons (Fsp3) is 0.600. The standard InChI is InChI=1S/C15H22N2O3/c1-20-13-9-16-8-5-12(13)14(19)17-10-15(11-18)6-3-2-4-7-15/h5,8-9,18H,2-4,6-7,10-11H2,1H3,(H,17,19). The van der Waals surface area contributed by atoms with E-state index in [1.165, 1.54) is 19.7 Å². The normalized spacial score (nSPS) is 17.5. The molecule has 0 aliphatic heterocycles. The highest BCUT2D eigenvalue weighted by molar-refractivity contribution is 5.96. The van der Waals surface area contributed by atoms with Crippen molar-refractivity contribution in [1.82, 2.24) is 10.3 Å². The van der Waals surface area contributed by atoms with Gasteiger partial charge in [0.15, 0.2) is 0 Å². The second-order valence-electron chi connectivity index (χ2n) is 5.48. The molecule has 1 aromatic rings. The molecule has 1 aliphatic carbocycles. The predicted octanol–water partition coefficient (Wildman–Crippen LogP) is 1.76. The van der Waals surface area contributed by atoms with E-state index in [9.17, 15) is 9.90 Å². The average Bonchev–Trinajstić information content (AvgIpc) is 2.53.